The fraction of sp³-hybridized carbons (Fsp3) is 0.562. The highest BCUT2D eigenvalue weighted by Gasteiger charge is 2.23. The number of ether oxygens (including phenoxy) is 1. The Balaban J connectivity index is 0.00000127. The molecule has 0 aliphatic carbocycles. The van der Waals surface area contributed by atoms with Gasteiger partial charge in [0.1, 0.15) is 5.82 Å². The molecule has 1 saturated heterocycles. The van der Waals surface area contributed by atoms with E-state index in [1.54, 1.807) is 6.07 Å². The van der Waals surface area contributed by atoms with Crippen molar-refractivity contribution in [1.29, 1.82) is 0 Å². The molecule has 1 atom stereocenters. The van der Waals surface area contributed by atoms with Gasteiger partial charge in [-0.1, -0.05) is 19.9 Å². The third-order valence-electron chi connectivity index (χ3n) is 3.24. The van der Waals surface area contributed by atoms with Crippen LogP contribution in [0.5, 0.6) is 0 Å². The highest BCUT2D eigenvalue weighted by molar-refractivity contribution is 5.87. The third-order valence-corrected chi connectivity index (χ3v) is 3.24. The maximum Gasteiger partial charge on any atom is 0.248 e. The predicted octanol–water partition coefficient (Wildman–Crippen LogP) is 0.868. The molecule has 7 nitrogen and oxygen atoms in total. The van der Waals surface area contributed by atoms with E-state index in [-0.39, 0.29) is 11.8 Å². The minimum Gasteiger partial charge on any atom is -0.378 e. The van der Waals surface area contributed by atoms with E-state index in [0.29, 0.717) is 18.9 Å². The minimum absolute atomic E-state index is 0.276. The molecular formula is C16H26N4O3. The van der Waals surface area contributed by atoms with E-state index < -0.39 is 6.04 Å². The Morgan fingerprint density at radius 1 is 1.26 bits per heavy atom. The van der Waals surface area contributed by atoms with Crippen LogP contribution in [0, 0.1) is 0 Å². The Kier molecular flexibility index (Phi) is 8.04. The van der Waals surface area contributed by atoms with Crippen LogP contribution in [0.15, 0.2) is 18.2 Å². The molecule has 1 aliphatic heterocycles. The monoisotopic (exact) mass is 322 g/mol. The Bertz CT molecular complexity index is 516. The molecule has 0 spiro atoms. The van der Waals surface area contributed by atoms with Crippen LogP contribution in [0.2, 0.25) is 0 Å². The van der Waals surface area contributed by atoms with Crippen LogP contribution in [0.25, 0.3) is 0 Å². The molecule has 2 rings (SSSR count). The standard InChI is InChI=1S/C14H20N4O3.C2H6/c1-10(19)16-13(14(20)15-2)11-4-3-5-12(17-11)18-6-8-21-9-7-18;1-2/h3-5,13H,6-9H2,1-2H3,(H,15,20)(H,16,19);1-2H3. The number of anilines is 1. The van der Waals surface area contributed by atoms with Crippen molar-refractivity contribution in [2.45, 2.75) is 26.8 Å². The smallest absolute Gasteiger partial charge is 0.248 e. The normalized spacial score (nSPS) is 15.0. The fourth-order valence-corrected chi connectivity index (χ4v) is 2.19. The number of carbonyl (C=O) groups is 2. The molecule has 1 aromatic rings. The zero-order chi connectivity index (χ0) is 17.2. The summed E-state index contributed by atoms with van der Waals surface area (Å²) in [7, 11) is 1.53. The lowest BCUT2D eigenvalue weighted by atomic mass is 10.1. The molecule has 2 heterocycles. The molecule has 1 unspecified atom stereocenters. The van der Waals surface area contributed by atoms with Gasteiger partial charge in [0.15, 0.2) is 6.04 Å². The number of amides is 2. The molecule has 1 aromatic heterocycles. The lowest BCUT2D eigenvalue weighted by Gasteiger charge is -2.28. The van der Waals surface area contributed by atoms with Crippen molar-refractivity contribution in [3.8, 4) is 0 Å². The second-order valence-corrected chi connectivity index (χ2v) is 4.77. The Hall–Kier alpha value is -2.15. The van der Waals surface area contributed by atoms with Gasteiger partial charge in [0.2, 0.25) is 11.8 Å². The molecular weight excluding hydrogens is 296 g/mol. The van der Waals surface area contributed by atoms with Crippen molar-refractivity contribution in [2.24, 2.45) is 0 Å². The number of likely N-dealkylation sites (N-methyl/N-ethyl adjacent to an activating group) is 1. The quantitative estimate of drug-likeness (QED) is 0.859. The summed E-state index contributed by atoms with van der Waals surface area (Å²) in [5.74, 6) is 0.217. The Labute approximate surface area is 137 Å². The van der Waals surface area contributed by atoms with Crippen LogP contribution in [0.1, 0.15) is 32.5 Å². The first-order valence-corrected chi connectivity index (χ1v) is 7.90. The van der Waals surface area contributed by atoms with Crippen LogP contribution in [0.3, 0.4) is 0 Å². The first-order chi connectivity index (χ1) is 11.1. The summed E-state index contributed by atoms with van der Waals surface area (Å²) in [5, 5.41) is 5.16. The van der Waals surface area contributed by atoms with Gasteiger partial charge in [-0.15, -0.1) is 0 Å². The van der Waals surface area contributed by atoms with Gasteiger partial charge >= 0.3 is 0 Å². The lowest BCUT2D eigenvalue weighted by Crippen LogP contribution is -2.39. The van der Waals surface area contributed by atoms with Crippen molar-refractivity contribution < 1.29 is 14.3 Å². The van der Waals surface area contributed by atoms with Gasteiger partial charge in [0.25, 0.3) is 0 Å². The molecule has 23 heavy (non-hydrogen) atoms. The topological polar surface area (TPSA) is 83.6 Å². The van der Waals surface area contributed by atoms with Crippen molar-refractivity contribution in [3.63, 3.8) is 0 Å². The van der Waals surface area contributed by atoms with Gasteiger partial charge in [0.05, 0.1) is 18.9 Å². The van der Waals surface area contributed by atoms with Crippen LogP contribution < -0.4 is 15.5 Å². The van der Waals surface area contributed by atoms with Crippen LogP contribution in [0.4, 0.5) is 5.82 Å². The number of hydrogen-bond donors (Lipinski definition) is 2. The van der Waals surface area contributed by atoms with E-state index in [1.807, 2.05) is 26.0 Å². The molecule has 1 fully saturated rings. The third kappa shape index (κ3) is 5.52. The first kappa shape index (κ1) is 18.9. The van der Waals surface area contributed by atoms with Crippen molar-refractivity contribution in [1.82, 2.24) is 15.6 Å². The molecule has 2 amide bonds. The minimum atomic E-state index is -0.784. The maximum absolute atomic E-state index is 11.9. The molecule has 2 N–H and O–H groups in total. The summed E-state index contributed by atoms with van der Waals surface area (Å²) in [5.41, 5.74) is 0.522. The number of hydrogen-bond acceptors (Lipinski definition) is 5. The van der Waals surface area contributed by atoms with Crippen molar-refractivity contribution >= 4 is 17.6 Å². The molecule has 128 valence electrons. The van der Waals surface area contributed by atoms with Crippen molar-refractivity contribution in [2.75, 3.05) is 38.3 Å². The summed E-state index contributed by atoms with van der Waals surface area (Å²) in [6.45, 7) is 8.23. The summed E-state index contributed by atoms with van der Waals surface area (Å²) < 4.78 is 5.32. The lowest BCUT2D eigenvalue weighted by molar-refractivity contribution is -0.128. The van der Waals surface area contributed by atoms with Crippen LogP contribution >= 0.6 is 0 Å². The summed E-state index contributed by atoms with van der Waals surface area (Å²) in [6, 6.07) is 4.68. The Morgan fingerprint density at radius 2 is 1.91 bits per heavy atom. The summed E-state index contributed by atoms with van der Waals surface area (Å²) in [4.78, 5) is 29.8. The number of rotatable bonds is 4. The van der Waals surface area contributed by atoms with E-state index in [4.69, 9.17) is 4.74 Å². The van der Waals surface area contributed by atoms with Gasteiger partial charge in [-0.2, -0.15) is 0 Å². The number of pyridine rings is 1. The van der Waals surface area contributed by atoms with Gasteiger partial charge in [0, 0.05) is 27.1 Å². The SMILES string of the molecule is CC.CNC(=O)C(NC(C)=O)c1cccc(N2CCOCC2)n1. The van der Waals surface area contributed by atoms with Gasteiger partial charge in [-0.3, -0.25) is 9.59 Å². The molecule has 7 heteroatoms. The highest BCUT2D eigenvalue weighted by atomic mass is 16.5. The number of nitrogens with zero attached hydrogens (tertiary/aromatic N) is 2. The maximum atomic E-state index is 11.9. The van der Waals surface area contributed by atoms with E-state index in [9.17, 15) is 9.59 Å². The van der Waals surface area contributed by atoms with E-state index in [1.165, 1.54) is 14.0 Å². The first-order valence-electron chi connectivity index (χ1n) is 7.90. The number of nitrogens with one attached hydrogen (secondary N) is 2. The molecule has 0 aromatic carbocycles. The van der Waals surface area contributed by atoms with Crippen LogP contribution in [-0.4, -0.2) is 50.1 Å². The van der Waals surface area contributed by atoms with E-state index in [0.717, 1.165) is 18.9 Å². The van der Waals surface area contributed by atoms with Gasteiger partial charge in [-0.25, -0.2) is 4.98 Å². The van der Waals surface area contributed by atoms with Crippen LogP contribution in [-0.2, 0) is 14.3 Å². The molecule has 1 aliphatic rings. The van der Waals surface area contributed by atoms with E-state index >= 15 is 0 Å². The second-order valence-electron chi connectivity index (χ2n) is 4.77. The zero-order valence-corrected chi connectivity index (χ0v) is 14.3. The molecule has 0 bridgehead atoms. The number of morpholine rings is 1. The second kappa shape index (κ2) is 9.78. The average Bonchev–Trinajstić information content (AvgIpc) is 2.61. The van der Waals surface area contributed by atoms with Gasteiger partial charge in [-0.05, 0) is 12.1 Å². The summed E-state index contributed by atoms with van der Waals surface area (Å²) in [6.07, 6.45) is 0. The van der Waals surface area contributed by atoms with E-state index in [2.05, 4.69) is 20.5 Å². The number of carbonyl (C=O) groups excluding carboxylic acids is 2. The highest BCUT2D eigenvalue weighted by Crippen LogP contribution is 2.17. The average molecular weight is 322 g/mol. The largest absolute Gasteiger partial charge is 0.378 e. The molecule has 0 radical (unpaired) electrons. The van der Waals surface area contributed by atoms with Gasteiger partial charge < -0.3 is 20.3 Å². The molecule has 0 saturated carbocycles. The zero-order valence-electron chi connectivity index (χ0n) is 14.3. The predicted molar refractivity (Wildman–Crippen MR) is 89.2 cm³/mol. The summed E-state index contributed by atoms with van der Waals surface area (Å²) >= 11 is 0. The number of aromatic nitrogens is 1. The Morgan fingerprint density at radius 3 is 2.48 bits per heavy atom. The fourth-order valence-electron chi connectivity index (χ4n) is 2.19. The van der Waals surface area contributed by atoms with Crippen molar-refractivity contribution in [3.05, 3.63) is 23.9 Å².